The number of anilines is 3. The SMILES string of the molecule is c1ccc(-c2cc(-c3ccccc3)cc(-c3ccc(N(c4ccc(-c5ccc6oc7ccccc7c6c5)cc4)c4ccc5c(c4)c4ccccc4n5-c4ccccc4)cc3)c2)cc1. The van der Waals surface area contributed by atoms with Crippen LogP contribution in [0.1, 0.15) is 0 Å². The van der Waals surface area contributed by atoms with Crippen LogP contribution in [0.15, 0.2) is 247 Å². The van der Waals surface area contributed by atoms with Gasteiger partial charge in [-0.1, -0.05) is 146 Å². The average molecular weight is 805 g/mol. The van der Waals surface area contributed by atoms with E-state index in [2.05, 4.69) is 240 Å². The van der Waals surface area contributed by atoms with Gasteiger partial charge in [-0.15, -0.1) is 0 Å². The molecule has 0 saturated heterocycles. The van der Waals surface area contributed by atoms with Crippen molar-refractivity contribution in [1.29, 1.82) is 0 Å². The Kier molecular flexibility index (Phi) is 8.83. The van der Waals surface area contributed by atoms with E-state index >= 15 is 0 Å². The summed E-state index contributed by atoms with van der Waals surface area (Å²) in [6.07, 6.45) is 0. The molecule has 0 amide bonds. The predicted octanol–water partition coefficient (Wildman–Crippen LogP) is 16.8. The summed E-state index contributed by atoms with van der Waals surface area (Å²) in [5.74, 6) is 0. The van der Waals surface area contributed by atoms with Crippen molar-refractivity contribution < 1.29 is 4.42 Å². The number of hydrogen-bond donors (Lipinski definition) is 0. The number of benzene rings is 10. The van der Waals surface area contributed by atoms with E-state index < -0.39 is 0 Å². The van der Waals surface area contributed by atoms with Gasteiger partial charge in [0.2, 0.25) is 0 Å². The smallest absolute Gasteiger partial charge is 0.135 e. The van der Waals surface area contributed by atoms with Gasteiger partial charge in [0, 0.05) is 44.3 Å². The second-order valence-electron chi connectivity index (χ2n) is 16.2. The summed E-state index contributed by atoms with van der Waals surface area (Å²) in [7, 11) is 0. The van der Waals surface area contributed by atoms with Gasteiger partial charge in [-0.05, 0) is 142 Å². The van der Waals surface area contributed by atoms with E-state index in [-0.39, 0.29) is 0 Å². The fourth-order valence-corrected chi connectivity index (χ4v) is 9.30. The number of fused-ring (bicyclic) bond motifs is 6. The molecule has 3 heteroatoms. The molecule has 0 aliphatic heterocycles. The topological polar surface area (TPSA) is 21.3 Å². The van der Waals surface area contributed by atoms with Crippen LogP contribution in [0, 0.1) is 0 Å². The molecule has 0 N–H and O–H groups in total. The highest BCUT2D eigenvalue weighted by molar-refractivity contribution is 6.11. The molecule has 12 rings (SSSR count). The van der Waals surface area contributed by atoms with Crippen LogP contribution < -0.4 is 4.90 Å². The molecule has 0 unspecified atom stereocenters. The summed E-state index contributed by atoms with van der Waals surface area (Å²) < 4.78 is 8.53. The summed E-state index contributed by atoms with van der Waals surface area (Å²) in [5, 5.41) is 4.69. The Labute approximate surface area is 366 Å². The van der Waals surface area contributed by atoms with Crippen molar-refractivity contribution >= 4 is 60.8 Å². The van der Waals surface area contributed by atoms with Crippen molar-refractivity contribution in [1.82, 2.24) is 4.57 Å². The molecule has 2 aromatic heterocycles. The predicted molar refractivity (Wildman–Crippen MR) is 264 cm³/mol. The Bertz CT molecular complexity index is 3530. The van der Waals surface area contributed by atoms with E-state index in [1.54, 1.807) is 0 Å². The van der Waals surface area contributed by atoms with Crippen molar-refractivity contribution in [2.75, 3.05) is 4.90 Å². The molecule has 10 aromatic carbocycles. The van der Waals surface area contributed by atoms with E-state index in [9.17, 15) is 0 Å². The van der Waals surface area contributed by atoms with Crippen LogP contribution in [0.25, 0.3) is 93.9 Å². The maximum atomic E-state index is 6.16. The van der Waals surface area contributed by atoms with Crippen LogP contribution in [0.5, 0.6) is 0 Å². The third-order valence-corrected chi connectivity index (χ3v) is 12.4. The Hall–Kier alpha value is -8.40. The molecular formula is C60H40N2O. The molecule has 0 radical (unpaired) electrons. The number of furan rings is 1. The Morgan fingerprint density at radius 1 is 0.270 bits per heavy atom. The van der Waals surface area contributed by atoms with E-state index in [0.717, 1.165) is 61.4 Å². The van der Waals surface area contributed by atoms with Crippen LogP contribution in [0.2, 0.25) is 0 Å². The highest BCUT2D eigenvalue weighted by Gasteiger charge is 2.19. The van der Waals surface area contributed by atoms with Gasteiger partial charge >= 0.3 is 0 Å². The van der Waals surface area contributed by atoms with Gasteiger partial charge in [-0.2, -0.15) is 0 Å². The first-order valence-electron chi connectivity index (χ1n) is 21.5. The molecule has 12 aromatic rings. The Balaban J connectivity index is 0.985. The van der Waals surface area contributed by atoms with Crippen molar-refractivity contribution in [3.8, 4) is 50.2 Å². The molecule has 0 fully saturated rings. The Morgan fingerprint density at radius 3 is 1.37 bits per heavy atom. The second kappa shape index (κ2) is 15.3. The quantitative estimate of drug-likeness (QED) is 0.153. The fourth-order valence-electron chi connectivity index (χ4n) is 9.30. The lowest BCUT2D eigenvalue weighted by Gasteiger charge is -2.26. The standard InChI is InChI=1S/C60H40N2O/c1-4-14-41(15-5-1)46-36-47(42-16-6-2-7-17-42)38-48(37-46)44-26-31-51(32-27-44)61(50-29-24-43(25-30-50)45-28-35-60-56(39-45)54-21-11-13-23-59(54)63-60)52-33-34-58-55(40-52)53-20-10-12-22-57(53)62(58)49-18-8-3-9-19-49/h1-40H. The lowest BCUT2D eigenvalue weighted by molar-refractivity contribution is 0.669. The first-order chi connectivity index (χ1) is 31.2. The van der Waals surface area contributed by atoms with Crippen LogP contribution >= 0.6 is 0 Å². The number of aromatic nitrogens is 1. The van der Waals surface area contributed by atoms with Crippen molar-refractivity contribution in [3.63, 3.8) is 0 Å². The second-order valence-corrected chi connectivity index (χ2v) is 16.2. The molecule has 0 saturated carbocycles. The summed E-state index contributed by atoms with van der Waals surface area (Å²) in [6, 6.07) is 87.3. The lowest BCUT2D eigenvalue weighted by atomic mass is 9.93. The van der Waals surface area contributed by atoms with E-state index in [1.807, 2.05) is 12.1 Å². The maximum absolute atomic E-state index is 6.16. The highest BCUT2D eigenvalue weighted by Crippen LogP contribution is 2.42. The van der Waals surface area contributed by atoms with Crippen LogP contribution in [-0.4, -0.2) is 4.57 Å². The van der Waals surface area contributed by atoms with Gasteiger partial charge in [-0.25, -0.2) is 0 Å². The lowest BCUT2D eigenvalue weighted by Crippen LogP contribution is -2.10. The van der Waals surface area contributed by atoms with Gasteiger partial charge in [0.15, 0.2) is 0 Å². The number of rotatable bonds is 8. The molecule has 3 nitrogen and oxygen atoms in total. The number of nitrogens with zero attached hydrogens (tertiary/aromatic N) is 2. The van der Waals surface area contributed by atoms with Gasteiger partial charge < -0.3 is 13.9 Å². The zero-order chi connectivity index (χ0) is 41.7. The molecule has 0 spiro atoms. The zero-order valence-corrected chi connectivity index (χ0v) is 34.4. The minimum atomic E-state index is 0.901. The van der Waals surface area contributed by atoms with Gasteiger partial charge in [0.25, 0.3) is 0 Å². The molecule has 296 valence electrons. The largest absolute Gasteiger partial charge is 0.456 e. The minimum absolute atomic E-state index is 0.901. The summed E-state index contributed by atoms with van der Waals surface area (Å²) in [6.45, 7) is 0. The van der Waals surface area contributed by atoms with Gasteiger partial charge in [0.1, 0.15) is 11.2 Å². The van der Waals surface area contributed by atoms with Crippen molar-refractivity contribution in [3.05, 3.63) is 243 Å². The van der Waals surface area contributed by atoms with E-state index in [0.29, 0.717) is 0 Å². The molecule has 2 heterocycles. The summed E-state index contributed by atoms with van der Waals surface area (Å²) in [4.78, 5) is 2.38. The first-order valence-corrected chi connectivity index (χ1v) is 21.5. The molecule has 0 atom stereocenters. The third-order valence-electron chi connectivity index (χ3n) is 12.4. The molecular weight excluding hydrogens is 765 g/mol. The van der Waals surface area contributed by atoms with Crippen molar-refractivity contribution in [2.45, 2.75) is 0 Å². The molecule has 0 aliphatic carbocycles. The average Bonchev–Trinajstić information content (AvgIpc) is 3.90. The highest BCUT2D eigenvalue weighted by atomic mass is 16.3. The Morgan fingerprint density at radius 2 is 0.730 bits per heavy atom. The van der Waals surface area contributed by atoms with Crippen LogP contribution in [0.4, 0.5) is 17.1 Å². The number of para-hydroxylation sites is 3. The summed E-state index contributed by atoms with van der Waals surface area (Å²) in [5.41, 5.74) is 18.0. The van der Waals surface area contributed by atoms with E-state index in [1.165, 1.54) is 49.6 Å². The third kappa shape index (κ3) is 6.55. The number of hydrogen-bond acceptors (Lipinski definition) is 2. The van der Waals surface area contributed by atoms with Gasteiger partial charge in [-0.3, -0.25) is 0 Å². The molecule has 0 bridgehead atoms. The molecule has 0 aliphatic rings. The van der Waals surface area contributed by atoms with Crippen molar-refractivity contribution in [2.24, 2.45) is 0 Å². The van der Waals surface area contributed by atoms with Crippen LogP contribution in [0.3, 0.4) is 0 Å². The molecule has 63 heavy (non-hydrogen) atoms. The van der Waals surface area contributed by atoms with E-state index in [4.69, 9.17) is 4.42 Å². The fraction of sp³-hybridized carbons (Fsp3) is 0. The maximum Gasteiger partial charge on any atom is 0.135 e. The normalized spacial score (nSPS) is 11.5. The zero-order valence-electron chi connectivity index (χ0n) is 34.4. The minimum Gasteiger partial charge on any atom is -0.456 e. The van der Waals surface area contributed by atoms with Gasteiger partial charge in [0.05, 0.1) is 11.0 Å². The summed E-state index contributed by atoms with van der Waals surface area (Å²) >= 11 is 0. The monoisotopic (exact) mass is 804 g/mol. The van der Waals surface area contributed by atoms with Crippen LogP contribution in [-0.2, 0) is 0 Å². The first kappa shape index (κ1) is 36.5.